The van der Waals surface area contributed by atoms with Crippen LogP contribution >= 0.6 is 27.5 Å². The van der Waals surface area contributed by atoms with Crippen molar-refractivity contribution >= 4 is 39.4 Å². The van der Waals surface area contributed by atoms with Gasteiger partial charge in [0.1, 0.15) is 5.54 Å². The second-order valence-corrected chi connectivity index (χ2v) is 7.18. The molecule has 0 unspecified atom stereocenters. The zero-order valence-electron chi connectivity index (χ0n) is 13.3. The Bertz CT molecular complexity index is 681. The lowest BCUT2D eigenvalue weighted by Crippen LogP contribution is -2.51. The number of esters is 1. The first-order chi connectivity index (χ1) is 11.4. The Hall–Kier alpha value is -1.58. The van der Waals surface area contributed by atoms with Gasteiger partial charge in [-0.15, -0.1) is 0 Å². The Morgan fingerprint density at radius 1 is 1.38 bits per heavy atom. The molecule has 2 rings (SSSR count). The largest absolute Gasteiger partial charge is 0.452 e. The van der Waals surface area contributed by atoms with Crippen LogP contribution in [0.3, 0.4) is 0 Å². The van der Waals surface area contributed by atoms with Gasteiger partial charge in [0.05, 0.1) is 16.7 Å². The van der Waals surface area contributed by atoms with Crippen LogP contribution in [-0.2, 0) is 9.53 Å². The lowest BCUT2D eigenvalue weighted by Gasteiger charge is -2.38. The fourth-order valence-corrected chi connectivity index (χ4v) is 3.41. The minimum atomic E-state index is -0.796. The van der Waals surface area contributed by atoms with Crippen LogP contribution in [0.4, 0.5) is 0 Å². The number of carbonyl (C=O) groups is 2. The highest BCUT2D eigenvalue weighted by molar-refractivity contribution is 9.10. The van der Waals surface area contributed by atoms with Gasteiger partial charge in [-0.1, -0.05) is 46.8 Å². The maximum Gasteiger partial charge on any atom is 0.340 e. The molecule has 0 spiro atoms. The maximum atomic E-state index is 12.3. The van der Waals surface area contributed by atoms with E-state index < -0.39 is 24.0 Å². The first-order valence-electron chi connectivity index (χ1n) is 7.70. The molecule has 1 aliphatic carbocycles. The van der Waals surface area contributed by atoms with E-state index in [9.17, 15) is 14.9 Å². The molecule has 0 radical (unpaired) electrons. The van der Waals surface area contributed by atoms with Crippen molar-refractivity contribution in [3.05, 3.63) is 33.3 Å². The van der Waals surface area contributed by atoms with Gasteiger partial charge in [0.25, 0.3) is 5.91 Å². The number of rotatable bonds is 4. The number of likely N-dealkylation sites (N-methyl/N-ethyl adjacent to an activating group) is 1. The molecule has 1 saturated carbocycles. The molecule has 0 bridgehead atoms. The van der Waals surface area contributed by atoms with E-state index >= 15 is 0 Å². The predicted molar refractivity (Wildman–Crippen MR) is 93.6 cm³/mol. The molecule has 1 aliphatic rings. The number of ether oxygens (including phenoxy) is 1. The van der Waals surface area contributed by atoms with Crippen LogP contribution < -0.4 is 0 Å². The van der Waals surface area contributed by atoms with Crippen molar-refractivity contribution < 1.29 is 14.3 Å². The Balaban J connectivity index is 2.00. The molecule has 1 fully saturated rings. The first kappa shape index (κ1) is 18.8. The standard InChI is InChI=1S/C17H18BrClN2O3/c1-21(17(11-20)7-3-2-4-8-17)15(22)10-24-16(23)13-9-12(18)5-6-14(13)19/h5-6,9H,2-4,7-8,10H2,1H3. The molecule has 0 saturated heterocycles. The number of halogens is 2. The summed E-state index contributed by atoms with van der Waals surface area (Å²) in [5.74, 6) is -1.06. The molecule has 1 amide bonds. The second-order valence-electron chi connectivity index (χ2n) is 5.86. The van der Waals surface area contributed by atoms with Crippen molar-refractivity contribution in [3.63, 3.8) is 0 Å². The molecule has 5 nitrogen and oxygen atoms in total. The monoisotopic (exact) mass is 412 g/mol. The maximum absolute atomic E-state index is 12.3. The molecule has 24 heavy (non-hydrogen) atoms. The Kier molecular flexibility index (Phi) is 6.25. The van der Waals surface area contributed by atoms with Crippen LogP contribution in [0.2, 0.25) is 5.02 Å². The fourth-order valence-electron chi connectivity index (χ4n) is 2.85. The third kappa shape index (κ3) is 4.08. The Morgan fingerprint density at radius 3 is 2.67 bits per heavy atom. The van der Waals surface area contributed by atoms with E-state index in [-0.39, 0.29) is 10.6 Å². The molecule has 0 N–H and O–H groups in total. The van der Waals surface area contributed by atoms with Gasteiger partial charge in [0.2, 0.25) is 0 Å². The number of nitrogens with zero attached hydrogens (tertiary/aromatic N) is 2. The molecular weight excluding hydrogens is 396 g/mol. The van der Waals surface area contributed by atoms with Gasteiger partial charge in [-0.3, -0.25) is 4.79 Å². The average molecular weight is 414 g/mol. The van der Waals surface area contributed by atoms with Crippen molar-refractivity contribution in [1.29, 1.82) is 5.26 Å². The van der Waals surface area contributed by atoms with Gasteiger partial charge in [-0.25, -0.2) is 4.79 Å². The lowest BCUT2D eigenvalue weighted by molar-refractivity contribution is -0.138. The van der Waals surface area contributed by atoms with Crippen molar-refractivity contribution in [2.75, 3.05) is 13.7 Å². The zero-order chi connectivity index (χ0) is 17.7. The molecular formula is C17H18BrClN2O3. The van der Waals surface area contributed by atoms with E-state index in [1.54, 1.807) is 19.2 Å². The summed E-state index contributed by atoms with van der Waals surface area (Å²) in [5, 5.41) is 9.76. The minimum absolute atomic E-state index is 0.189. The van der Waals surface area contributed by atoms with Crippen LogP contribution in [0.5, 0.6) is 0 Å². The summed E-state index contributed by atoms with van der Waals surface area (Å²) in [4.78, 5) is 25.9. The zero-order valence-corrected chi connectivity index (χ0v) is 15.7. The molecule has 0 aromatic heterocycles. The smallest absolute Gasteiger partial charge is 0.340 e. The highest BCUT2D eigenvalue weighted by Crippen LogP contribution is 2.32. The summed E-state index contributed by atoms with van der Waals surface area (Å²) in [6.45, 7) is -0.415. The number of benzene rings is 1. The van der Waals surface area contributed by atoms with Gasteiger partial charge in [0, 0.05) is 11.5 Å². The van der Waals surface area contributed by atoms with Gasteiger partial charge >= 0.3 is 5.97 Å². The van der Waals surface area contributed by atoms with Crippen molar-refractivity contribution in [1.82, 2.24) is 4.90 Å². The van der Waals surface area contributed by atoms with E-state index in [0.717, 1.165) is 19.3 Å². The van der Waals surface area contributed by atoms with E-state index in [2.05, 4.69) is 22.0 Å². The highest BCUT2D eigenvalue weighted by Gasteiger charge is 2.39. The van der Waals surface area contributed by atoms with Crippen LogP contribution in [-0.4, -0.2) is 36.0 Å². The molecule has 0 heterocycles. The summed E-state index contributed by atoms with van der Waals surface area (Å²) in [6, 6.07) is 7.09. The number of hydrogen-bond acceptors (Lipinski definition) is 4. The molecule has 1 aromatic carbocycles. The Labute approximate surface area is 154 Å². The van der Waals surface area contributed by atoms with E-state index in [1.165, 1.54) is 11.0 Å². The summed E-state index contributed by atoms with van der Waals surface area (Å²) in [6.07, 6.45) is 4.20. The summed E-state index contributed by atoms with van der Waals surface area (Å²) in [7, 11) is 1.59. The third-order valence-electron chi connectivity index (χ3n) is 4.38. The lowest BCUT2D eigenvalue weighted by atomic mass is 9.81. The first-order valence-corrected chi connectivity index (χ1v) is 8.87. The molecule has 7 heteroatoms. The second kappa shape index (κ2) is 8.00. The van der Waals surface area contributed by atoms with Crippen molar-refractivity contribution in [2.45, 2.75) is 37.6 Å². The normalized spacial score (nSPS) is 16.1. The van der Waals surface area contributed by atoms with E-state index in [0.29, 0.717) is 17.3 Å². The highest BCUT2D eigenvalue weighted by atomic mass is 79.9. The van der Waals surface area contributed by atoms with Gasteiger partial charge < -0.3 is 9.64 Å². The topological polar surface area (TPSA) is 70.4 Å². The molecule has 0 aliphatic heterocycles. The van der Waals surface area contributed by atoms with E-state index in [1.807, 2.05) is 0 Å². The number of carbonyl (C=O) groups excluding carboxylic acids is 2. The van der Waals surface area contributed by atoms with E-state index in [4.69, 9.17) is 16.3 Å². The number of nitriles is 1. The van der Waals surface area contributed by atoms with Gasteiger partial charge in [0.15, 0.2) is 6.61 Å². The summed E-state index contributed by atoms with van der Waals surface area (Å²) < 4.78 is 5.77. The van der Waals surface area contributed by atoms with Crippen LogP contribution in [0.25, 0.3) is 0 Å². The van der Waals surface area contributed by atoms with Crippen LogP contribution in [0.15, 0.2) is 22.7 Å². The third-order valence-corrected chi connectivity index (χ3v) is 5.20. The van der Waals surface area contributed by atoms with Crippen LogP contribution in [0.1, 0.15) is 42.5 Å². The van der Waals surface area contributed by atoms with Gasteiger partial charge in [-0.2, -0.15) is 5.26 Å². The predicted octanol–water partition coefficient (Wildman–Crippen LogP) is 3.94. The van der Waals surface area contributed by atoms with Crippen LogP contribution in [0, 0.1) is 11.3 Å². The number of amides is 1. The average Bonchev–Trinajstić information content (AvgIpc) is 2.61. The minimum Gasteiger partial charge on any atom is -0.452 e. The molecule has 1 aromatic rings. The fraction of sp³-hybridized carbons (Fsp3) is 0.471. The molecule has 0 atom stereocenters. The Morgan fingerprint density at radius 2 is 2.04 bits per heavy atom. The summed E-state index contributed by atoms with van der Waals surface area (Å²) >= 11 is 9.23. The quantitative estimate of drug-likeness (QED) is 0.701. The van der Waals surface area contributed by atoms with Gasteiger partial charge in [-0.05, 0) is 31.0 Å². The molecule has 128 valence electrons. The SMILES string of the molecule is CN(C(=O)COC(=O)c1cc(Br)ccc1Cl)C1(C#N)CCCCC1. The summed E-state index contributed by atoms with van der Waals surface area (Å²) in [5.41, 5.74) is -0.607. The van der Waals surface area contributed by atoms with Crippen molar-refractivity contribution in [3.8, 4) is 6.07 Å². The number of hydrogen-bond donors (Lipinski definition) is 0. The van der Waals surface area contributed by atoms with Crippen molar-refractivity contribution in [2.24, 2.45) is 0 Å².